The van der Waals surface area contributed by atoms with E-state index in [0.717, 1.165) is 33.1 Å². The van der Waals surface area contributed by atoms with Gasteiger partial charge in [-0.2, -0.15) is 0 Å². The molecule has 1 heterocycles. The lowest BCUT2D eigenvalue weighted by atomic mass is 10.2. The van der Waals surface area contributed by atoms with Crippen molar-refractivity contribution in [2.45, 2.75) is 26.5 Å². The van der Waals surface area contributed by atoms with Crippen molar-refractivity contribution < 1.29 is 14.3 Å². The second-order valence-corrected chi connectivity index (χ2v) is 8.04. The summed E-state index contributed by atoms with van der Waals surface area (Å²) in [6, 6.07) is 15.3. The van der Waals surface area contributed by atoms with Gasteiger partial charge in [-0.3, -0.25) is 14.5 Å². The summed E-state index contributed by atoms with van der Waals surface area (Å²) in [5, 5.41) is -0.217. The van der Waals surface area contributed by atoms with Gasteiger partial charge in [0.05, 0.1) is 4.91 Å². The molecule has 0 atom stereocenters. The summed E-state index contributed by atoms with van der Waals surface area (Å²) < 4.78 is 6.81. The maximum absolute atomic E-state index is 12.3. The molecule has 0 N–H and O–H groups in total. The molecule has 3 rings (SSSR count). The Kier molecular flexibility index (Phi) is 5.84. The Morgan fingerprint density at radius 2 is 1.73 bits per heavy atom. The topological polar surface area (TPSA) is 46.6 Å². The summed E-state index contributed by atoms with van der Waals surface area (Å²) in [7, 11) is 0. The molecule has 0 bridgehead atoms. The maximum Gasteiger partial charge on any atom is 0.293 e. The number of hydrogen-bond donors (Lipinski definition) is 0. The summed E-state index contributed by atoms with van der Waals surface area (Å²) in [5.74, 6) is 0.519. The zero-order valence-electron chi connectivity index (χ0n) is 14.4. The average molecular weight is 432 g/mol. The first-order valence-corrected chi connectivity index (χ1v) is 9.79. The molecule has 6 heteroatoms. The van der Waals surface area contributed by atoms with E-state index >= 15 is 0 Å². The van der Waals surface area contributed by atoms with Gasteiger partial charge in [0.15, 0.2) is 0 Å². The molecule has 134 valence electrons. The number of amides is 2. The van der Waals surface area contributed by atoms with Crippen LogP contribution in [-0.4, -0.2) is 22.1 Å². The van der Waals surface area contributed by atoms with E-state index in [1.807, 2.05) is 62.4 Å². The third-order valence-corrected chi connectivity index (χ3v) is 5.25. The molecule has 2 aromatic rings. The second kappa shape index (κ2) is 8.10. The first-order valence-electron chi connectivity index (χ1n) is 8.18. The fraction of sp³-hybridized carbons (Fsp3) is 0.200. The van der Waals surface area contributed by atoms with Crippen molar-refractivity contribution in [2.75, 3.05) is 0 Å². The molecule has 2 amide bonds. The highest BCUT2D eigenvalue weighted by Gasteiger charge is 2.36. The largest absolute Gasteiger partial charge is 0.489 e. The standard InChI is InChI=1S/C20H18BrNO3S/c1-13(2)22-19(23)18(26-20(22)24)11-14-5-9-17(10-6-14)25-12-15-3-7-16(21)8-4-15/h3-11,13H,12H2,1-2H3/b18-11+. The van der Waals surface area contributed by atoms with Gasteiger partial charge in [-0.05, 0) is 67.1 Å². The molecular formula is C20H18BrNO3S. The van der Waals surface area contributed by atoms with Gasteiger partial charge in [0.25, 0.3) is 11.1 Å². The van der Waals surface area contributed by atoms with Crippen LogP contribution in [0.3, 0.4) is 0 Å². The Morgan fingerprint density at radius 3 is 2.31 bits per heavy atom. The van der Waals surface area contributed by atoms with E-state index in [4.69, 9.17) is 4.74 Å². The summed E-state index contributed by atoms with van der Waals surface area (Å²) in [6.45, 7) is 4.15. The number of ether oxygens (including phenoxy) is 1. The normalized spacial score (nSPS) is 16.0. The van der Waals surface area contributed by atoms with Crippen LogP contribution in [0.4, 0.5) is 4.79 Å². The maximum atomic E-state index is 12.3. The summed E-state index contributed by atoms with van der Waals surface area (Å²) >= 11 is 4.39. The molecule has 0 aromatic heterocycles. The first-order chi connectivity index (χ1) is 12.4. The van der Waals surface area contributed by atoms with Crippen LogP contribution in [0, 0.1) is 0 Å². The van der Waals surface area contributed by atoms with Gasteiger partial charge in [-0.15, -0.1) is 0 Å². The zero-order valence-corrected chi connectivity index (χ0v) is 16.8. The molecule has 1 aliphatic rings. The first kappa shape index (κ1) is 18.7. The highest BCUT2D eigenvalue weighted by molar-refractivity contribution is 9.10. The smallest absolute Gasteiger partial charge is 0.293 e. The number of carbonyl (C=O) groups is 2. The minimum absolute atomic E-state index is 0.136. The van der Waals surface area contributed by atoms with Crippen molar-refractivity contribution in [3.63, 3.8) is 0 Å². The monoisotopic (exact) mass is 431 g/mol. The van der Waals surface area contributed by atoms with E-state index in [9.17, 15) is 9.59 Å². The quantitative estimate of drug-likeness (QED) is 0.588. The lowest BCUT2D eigenvalue weighted by Crippen LogP contribution is -2.34. The van der Waals surface area contributed by atoms with Crippen molar-refractivity contribution in [3.8, 4) is 5.75 Å². The number of hydrogen-bond acceptors (Lipinski definition) is 4. The molecule has 0 unspecified atom stereocenters. The van der Waals surface area contributed by atoms with Gasteiger partial charge in [0.2, 0.25) is 0 Å². The Labute approximate surface area is 165 Å². The van der Waals surface area contributed by atoms with Gasteiger partial charge >= 0.3 is 0 Å². The van der Waals surface area contributed by atoms with E-state index in [0.29, 0.717) is 11.5 Å². The van der Waals surface area contributed by atoms with Crippen molar-refractivity contribution in [1.82, 2.24) is 4.90 Å². The fourth-order valence-corrected chi connectivity index (χ4v) is 3.71. The third kappa shape index (κ3) is 4.37. The molecule has 1 saturated heterocycles. The number of nitrogens with zero attached hydrogens (tertiary/aromatic N) is 1. The molecule has 1 fully saturated rings. The fourth-order valence-electron chi connectivity index (χ4n) is 2.48. The van der Waals surface area contributed by atoms with Crippen molar-refractivity contribution in [3.05, 3.63) is 69.0 Å². The van der Waals surface area contributed by atoms with Gasteiger partial charge < -0.3 is 4.74 Å². The van der Waals surface area contributed by atoms with E-state index in [1.54, 1.807) is 6.08 Å². The van der Waals surface area contributed by atoms with Crippen LogP contribution in [0.5, 0.6) is 5.75 Å². The van der Waals surface area contributed by atoms with Gasteiger partial charge in [0, 0.05) is 10.5 Å². The van der Waals surface area contributed by atoms with Crippen molar-refractivity contribution in [1.29, 1.82) is 0 Å². The second-order valence-electron chi connectivity index (χ2n) is 6.13. The highest BCUT2D eigenvalue weighted by atomic mass is 79.9. The lowest BCUT2D eigenvalue weighted by molar-refractivity contribution is -0.123. The van der Waals surface area contributed by atoms with E-state index in [-0.39, 0.29) is 17.2 Å². The Hall–Kier alpha value is -2.05. The Bertz CT molecular complexity index is 844. The number of benzene rings is 2. The molecule has 2 aromatic carbocycles. The molecule has 4 nitrogen and oxygen atoms in total. The van der Waals surface area contributed by atoms with Crippen molar-refractivity contribution in [2.24, 2.45) is 0 Å². The molecular weight excluding hydrogens is 414 g/mol. The van der Waals surface area contributed by atoms with Crippen LogP contribution < -0.4 is 4.74 Å². The number of thioether (sulfide) groups is 1. The number of imide groups is 1. The zero-order chi connectivity index (χ0) is 18.7. The van der Waals surface area contributed by atoms with Crippen LogP contribution in [-0.2, 0) is 11.4 Å². The number of rotatable bonds is 5. The van der Waals surface area contributed by atoms with E-state index in [2.05, 4.69) is 15.9 Å². The number of carbonyl (C=O) groups excluding carboxylic acids is 2. The van der Waals surface area contributed by atoms with Crippen LogP contribution in [0.15, 0.2) is 57.9 Å². The summed E-state index contributed by atoms with van der Waals surface area (Å²) in [4.78, 5) is 26.0. The van der Waals surface area contributed by atoms with Gasteiger partial charge in [-0.1, -0.05) is 40.2 Å². The summed E-state index contributed by atoms with van der Waals surface area (Å²) in [6.07, 6.45) is 1.74. The average Bonchev–Trinajstić information content (AvgIpc) is 2.89. The van der Waals surface area contributed by atoms with Crippen LogP contribution >= 0.6 is 27.7 Å². The van der Waals surface area contributed by atoms with Crippen LogP contribution in [0.1, 0.15) is 25.0 Å². The molecule has 26 heavy (non-hydrogen) atoms. The summed E-state index contributed by atoms with van der Waals surface area (Å²) in [5.41, 5.74) is 1.94. The van der Waals surface area contributed by atoms with Crippen LogP contribution in [0.25, 0.3) is 6.08 Å². The van der Waals surface area contributed by atoms with Gasteiger partial charge in [0.1, 0.15) is 12.4 Å². The van der Waals surface area contributed by atoms with Crippen molar-refractivity contribution >= 4 is 44.9 Å². The minimum Gasteiger partial charge on any atom is -0.489 e. The predicted molar refractivity (Wildman–Crippen MR) is 108 cm³/mol. The highest BCUT2D eigenvalue weighted by Crippen LogP contribution is 2.33. The molecule has 0 radical (unpaired) electrons. The minimum atomic E-state index is -0.231. The molecule has 1 aliphatic heterocycles. The van der Waals surface area contributed by atoms with Crippen LogP contribution in [0.2, 0.25) is 0 Å². The molecule has 0 saturated carbocycles. The Morgan fingerprint density at radius 1 is 1.08 bits per heavy atom. The SMILES string of the molecule is CC(C)N1C(=O)S/C(=C/c2ccc(OCc3ccc(Br)cc3)cc2)C1=O. The van der Waals surface area contributed by atoms with E-state index < -0.39 is 0 Å². The van der Waals surface area contributed by atoms with E-state index in [1.165, 1.54) is 4.90 Å². The third-order valence-electron chi connectivity index (χ3n) is 3.84. The molecule has 0 spiro atoms. The predicted octanol–water partition coefficient (Wildman–Crippen LogP) is 5.47. The van der Waals surface area contributed by atoms with Gasteiger partial charge in [-0.25, -0.2) is 0 Å². The Balaban J connectivity index is 1.65. The lowest BCUT2D eigenvalue weighted by Gasteiger charge is -2.16. The molecule has 0 aliphatic carbocycles. The number of halogens is 1.